The molecule has 5 heteroatoms. The average molecular weight is 401 g/mol. The van der Waals surface area contributed by atoms with E-state index in [-0.39, 0.29) is 5.91 Å². The van der Waals surface area contributed by atoms with Crippen molar-refractivity contribution in [2.75, 3.05) is 12.4 Å². The summed E-state index contributed by atoms with van der Waals surface area (Å²) >= 11 is 0. The summed E-state index contributed by atoms with van der Waals surface area (Å²) in [6.07, 6.45) is 7.69. The van der Waals surface area contributed by atoms with Crippen molar-refractivity contribution in [3.05, 3.63) is 71.9 Å². The van der Waals surface area contributed by atoms with E-state index in [0.717, 1.165) is 35.5 Å². The van der Waals surface area contributed by atoms with E-state index in [0.29, 0.717) is 11.9 Å². The van der Waals surface area contributed by atoms with Crippen LogP contribution in [0.1, 0.15) is 48.0 Å². The van der Waals surface area contributed by atoms with Gasteiger partial charge in [0.25, 0.3) is 5.91 Å². The van der Waals surface area contributed by atoms with Crippen molar-refractivity contribution in [3.8, 4) is 11.4 Å². The maximum Gasteiger partial charge on any atom is 0.253 e. The molecule has 1 heterocycles. The van der Waals surface area contributed by atoms with Crippen LogP contribution in [0.5, 0.6) is 0 Å². The molecule has 3 aromatic rings. The van der Waals surface area contributed by atoms with Gasteiger partial charge in [-0.1, -0.05) is 43.0 Å². The monoisotopic (exact) mass is 400 g/mol. The Kier molecular flexibility index (Phi) is 6.07. The Hall–Kier alpha value is -3.21. The van der Waals surface area contributed by atoms with Crippen LogP contribution in [0.4, 0.5) is 11.5 Å². The fourth-order valence-electron chi connectivity index (χ4n) is 4.03. The van der Waals surface area contributed by atoms with Gasteiger partial charge in [-0.25, -0.2) is 9.97 Å². The van der Waals surface area contributed by atoms with Gasteiger partial charge in [0.1, 0.15) is 5.82 Å². The minimum atomic E-state index is 0.0946. The van der Waals surface area contributed by atoms with E-state index in [1.165, 1.54) is 24.8 Å². The quantitative estimate of drug-likeness (QED) is 0.606. The molecule has 2 aromatic carbocycles. The first-order chi connectivity index (χ1) is 14.6. The lowest BCUT2D eigenvalue weighted by Gasteiger charge is -2.31. The molecule has 1 fully saturated rings. The van der Waals surface area contributed by atoms with Gasteiger partial charge in [0.15, 0.2) is 5.82 Å². The third-order valence-electron chi connectivity index (χ3n) is 5.78. The number of benzene rings is 2. The molecule has 0 atom stereocenters. The molecule has 0 radical (unpaired) electrons. The number of anilines is 2. The van der Waals surface area contributed by atoms with Gasteiger partial charge in [-0.2, -0.15) is 0 Å². The molecule has 1 aliphatic rings. The van der Waals surface area contributed by atoms with Crippen LogP contribution in [-0.4, -0.2) is 33.9 Å². The maximum atomic E-state index is 12.8. The van der Waals surface area contributed by atoms with Crippen LogP contribution in [0.15, 0.2) is 60.8 Å². The lowest BCUT2D eigenvalue weighted by Crippen LogP contribution is -2.38. The molecule has 1 aliphatic carbocycles. The fourth-order valence-corrected chi connectivity index (χ4v) is 4.03. The number of nitrogens with zero attached hydrogens (tertiary/aromatic N) is 3. The summed E-state index contributed by atoms with van der Waals surface area (Å²) in [6, 6.07) is 18.0. The number of carbonyl (C=O) groups is 1. The van der Waals surface area contributed by atoms with Gasteiger partial charge in [-0.05, 0) is 56.2 Å². The van der Waals surface area contributed by atoms with E-state index < -0.39 is 0 Å². The number of hydrogen-bond acceptors (Lipinski definition) is 4. The summed E-state index contributed by atoms with van der Waals surface area (Å²) in [4.78, 5) is 23.8. The highest BCUT2D eigenvalue weighted by Crippen LogP contribution is 2.24. The number of hydrogen-bond donors (Lipinski definition) is 1. The van der Waals surface area contributed by atoms with E-state index in [1.54, 1.807) is 6.20 Å². The molecule has 0 spiro atoms. The van der Waals surface area contributed by atoms with Crippen LogP contribution in [0, 0.1) is 6.92 Å². The topological polar surface area (TPSA) is 58.1 Å². The zero-order valence-electron chi connectivity index (χ0n) is 17.6. The first kappa shape index (κ1) is 20.1. The second-order valence-electron chi connectivity index (χ2n) is 8.05. The predicted molar refractivity (Wildman–Crippen MR) is 121 cm³/mol. The standard InChI is InChI=1S/C25H28N4O/c1-18-7-6-8-20(17-18)24-26-16-15-23(28-24)27-21-13-11-19(12-14-21)25(30)29(2)22-9-4-3-5-10-22/h6-8,11-17,22H,3-5,9-10H2,1-2H3,(H,26,27,28). The Bertz CT molecular complexity index is 1010. The van der Waals surface area contributed by atoms with Crippen molar-refractivity contribution >= 4 is 17.4 Å². The molecule has 1 amide bonds. The third-order valence-corrected chi connectivity index (χ3v) is 5.78. The largest absolute Gasteiger partial charge is 0.340 e. The molecule has 0 saturated heterocycles. The van der Waals surface area contributed by atoms with E-state index in [9.17, 15) is 4.79 Å². The van der Waals surface area contributed by atoms with Gasteiger partial charge >= 0.3 is 0 Å². The molecule has 0 aliphatic heterocycles. The van der Waals surface area contributed by atoms with Crippen molar-refractivity contribution < 1.29 is 4.79 Å². The maximum absolute atomic E-state index is 12.8. The van der Waals surface area contributed by atoms with Crippen LogP contribution in [0.3, 0.4) is 0 Å². The second-order valence-corrected chi connectivity index (χ2v) is 8.05. The molecule has 5 nitrogen and oxygen atoms in total. The fraction of sp³-hybridized carbons (Fsp3) is 0.320. The highest BCUT2D eigenvalue weighted by atomic mass is 16.2. The van der Waals surface area contributed by atoms with E-state index in [2.05, 4.69) is 34.3 Å². The van der Waals surface area contributed by atoms with Gasteiger partial charge in [0.2, 0.25) is 0 Å². The molecule has 30 heavy (non-hydrogen) atoms. The van der Waals surface area contributed by atoms with Crippen molar-refractivity contribution in [2.24, 2.45) is 0 Å². The van der Waals surface area contributed by atoms with Gasteiger partial charge in [-0.15, -0.1) is 0 Å². The van der Waals surface area contributed by atoms with Crippen molar-refractivity contribution in [3.63, 3.8) is 0 Å². The van der Waals surface area contributed by atoms with Gasteiger partial charge in [0, 0.05) is 36.1 Å². The zero-order valence-corrected chi connectivity index (χ0v) is 17.6. The molecular weight excluding hydrogens is 372 g/mol. The number of aryl methyl sites for hydroxylation is 1. The Morgan fingerprint density at radius 3 is 2.53 bits per heavy atom. The van der Waals surface area contributed by atoms with Crippen LogP contribution >= 0.6 is 0 Å². The molecule has 154 valence electrons. The highest BCUT2D eigenvalue weighted by Gasteiger charge is 2.22. The lowest BCUT2D eigenvalue weighted by molar-refractivity contribution is 0.0696. The predicted octanol–water partition coefficient (Wildman–Crippen LogP) is 5.60. The van der Waals surface area contributed by atoms with E-state index in [1.807, 2.05) is 54.4 Å². The Labute approximate surface area is 178 Å². The lowest BCUT2D eigenvalue weighted by atomic mass is 9.94. The Morgan fingerprint density at radius 2 is 1.80 bits per heavy atom. The highest BCUT2D eigenvalue weighted by molar-refractivity contribution is 5.94. The average Bonchev–Trinajstić information content (AvgIpc) is 2.79. The van der Waals surface area contributed by atoms with Gasteiger partial charge in [0.05, 0.1) is 0 Å². The zero-order chi connectivity index (χ0) is 20.9. The SMILES string of the molecule is Cc1cccc(-c2nccc(Nc3ccc(C(=O)N(C)C4CCCCC4)cc3)n2)c1. The first-order valence-electron chi connectivity index (χ1n) is 10.6. The summed E-state index contributed by atoms with van der Waals surface area (Å²) in [5, 5.41) is 3.31. The summed E-state index contributed by atoms with van der Waals surface area (Å²) in [5.74, 6) is 1.50. The van der Waals surface area contributed by atoms with Crippen molar-refractivity contribution in [2.45, 2.75) is 45.1 Å². The minimum Gasteiger partial charge on any atom is -0.340 e. The summed E-state index contributed by atoms with van der Waals surface area (Å²) in [5.41, 5.74) is 3.77. The van der Waals surface area contributed by atoms with Gasteiger partial charge in [-0.3, -0.25) is 4.79 Å². The molecule has 0 bridgehead atoms. The van der Waals surface area contributed by atoms with Crippen molar-refractivity contribution in [1.82, 2.24) is 14.9 Å². The summed E-state index contributed by atoms with van der Waals surface area (Å²) in [7, 11) is 1.93. The summed E-state index contributed by atoms with van der Waals surface area (Å²) in [6.45, 7) is 2.06. The van der Waals surface area contributed by atoms with Crippen LogP contribution < -0.4 is 5.32 Å². The minimum absolute atomic E-state index is 0.0946. The van der Waals surface area contributed by atoms with Crippen LogP contribution in [0.2, 0.25) is 0 Å². The summed E-state index contributed by atoms with van der Waals surface area (Å²) < 4.78 is 0. The smallest absolute Gasteiger partial charge is 0.253 e. The second kappa shape index (κ2) is 9.08. The Balaban J connectivity index is 1.45. The van der Waals surface area contributed by atoms with Crippen molar-refractivity contribution in [1.29, 1.82) is 0 Å². The van der Waals surface area contributed by atoms with Crippen LogP contribution in [0.25, 0.3) is 11.4 Å². The number of nitrogens with one attached hydrogen (secondary N) is 1. The van der Waals surface area contributed by atoms with Gasteiger partial charge < -0.3 is 10.2 Å². The van der Waals surface area contributed by atoms with Crippen LogP contribution in [-0.2, 0) is 0 Å². The molecule has 1 saturated carbocycles. The van der Waals surface area contributed by atoms with E-state index in [4.69, 9.17) is 0 Å². The normalized spacial score (nSPS) is 14.3. The number of aromatic nitrogens is 2. The number of rotatable bonds is 5. The number of carbonyl (C=O) groups excluding carboxylic acids is 1. The first-order valence-corrected chi connectivity index (χ1v) is 10.6. The number of amides is 1. The Morgan fingerprint density at radius 1 is 1.03 bits per heavy atom. The molecular formula is C25H28N4O. The molecule has 1 aromatic heterocycles. The molecule has 4 rings (SSSR count). The molecule has 1 N–H and O–H groups in total. The third kappa shape index (κ3) is 4.67. The molecule has 0 unspecified atom stereocenters. The van der Waals surface area contributed by atoms with E-state index >= 15 is 0 Å².